The molecule has 31 heavy (non-hydrogen) atoms. The van der Waals surface area contributed by atoms with Crippen LogP contribution in [0.25, 0.3) is 28.5 Å². The molecule has 0 bridgehead atoms. The molecule has 1 fully saturated rings. The zero-order valence-electron chi connectivity index (χ0n) is 17.2. The zero-order chi connectivity index (χ0) is 21.4. The summed E-state index contributed by atoms with van der Waals surface area (Å²) in [6, 6.07) is 8.83. The van der Waals surface area contributed by atoms with Crippen LogP contribution in [0.2, 0.25) is 0 Å². The van der Waals surface area contributed by atoms with Crippen LogP contribution in [0.5, 0.6) is 5.75 Å². The molecule has 4 heterocycles. The van der Waals surface area contributed by atoms with Crippen molar-refractivity contribution in [3.63, 3.8) is 0 Å². The van der Waals surface area contributed by atoms with Gasteiger partial charge in [-0.1, -0.05) is 12.1 Å². The largest absolute Gasteiger partial charge is 0.508 e. The molecule has 0 aliphatic carbocycles. The minimum Gasteiger partial charge on any atom is -0.508 e. The van der Waals surface area contributed by atoms with Crippen LogP contribution in [0.3, 0.4) is 0 Å². The molecule has 1 saturated heterocycles. The van der Waals surface area contributed by atoms with Crippen molar-refractivity contribution in [3.8, 4) is 28.4 Å². The number of nitrogens with one attached hydrogen (secondary N) is 2. The fourth-order valence-corrected chi connectivity index (χ4v) is 4.58. The Morgan fingerprint density at radius 1 is 1.29 bits per heavy atom. The lowest BCUT2D eigenvalue weighted by atomic mass is 10.1. The van der Waals surface area contributed by atoms with Gasteiger partial charge < -0.3 is 14.8 Å². The fraction of sp³-hybridized carbons (Fsp3) is 0.286. The first-order chi connectivity index (χ1) is 15.0. The van der Waals surface area contributed by atoms with Crippen molar-refractivity contribution in [2.75, 3.05) is 25.0 Å². The van der Waals surface area contributed by atoms with Gasteiger partial charge >= 0.3 is 5.84 Å². The van der Waals surface area contributed by atoms with E-state index in [0.29, 0.717) is 23.2 Å². The molecule has 0 radical (unpaired) electrons. The summed E-state index contributed by atoms with van der Waals surface area (Å²) in [6.45, 7) is 6.93. The van der Waals surface area contributed by atoms with Gasteiger partial charge in [0.1, 0.15) is 23.4 Å². The number of hydrogen-bond donors (Lipinski definition) is 3. The number of rotatable bonds is 6. The van der Waals surface area contributed by atoms with Gasteiger partial charge in [0.25, 0.3) is 0 Å². The maximum Gasteiger partial charge on any atom is 0.306 e. The SMILES string of the molecule is CC1(C)CN(CCNc2nccc(-c3c(-c4cccc(O)c4)nc4occn34)n2)SN1. The molecular formula is C21H23N7O2S. The highest BCUT2D eigenvalue weighted by Crippen LogP contribution is 2.33. The van der Waals surface area contributed by atoms with E-state index in [0.717, 1.165) is 30.9 Å². The van der Waals surface area contributed by atoms with Gasteiger partial charge in [0, 0.05) is 55.3 Å². The van der Waals surface area contributed by atoms with Crippen molar-refractivity contribution in [2.45, 2.75) is 19.4 Å². The topological polar surface area (TPSA) is 104 Å². The first kappa shape index (κ1) is 19.9. The highest BCUT2D eigenvalue weighted by molar-refractivity contribution is 7.95. The van der Waals surface area contributed by atoms with Crippen LogP contribution < -0.4 is 10.0 Å². The maximum absolute atomic E-state index is 9.92. The molecule has 160 valence electrons. The van der Waals surface area contributed by atoms with Gasteiger partial charge in [0.05, 0.1) is 5.69 Å². The molecule has 1 aromatic carbocycles. The summed E-state index contributed by atoms with van der Waals surface area (Å²) in [7, 11) is 0. The van der Waals surface area contributed by atoms with Crippen LogP contribution in [0, 0.1) is 0 Å². The predicted molar refractivity (Wildman–Crippen MR) is 120 cm³/mol. The first-order valence-corrected chi connectivity index (χ1v) is 10.8. The third-order valence-electron chi connectivity index (χ3n) is 4.95. The number of benzene rings is 1. The highest BCUT2D eigenvalue weighted by atomic mass is 32.2. The molecule has 0 amide bonds. The summed E-state index contributed by atoms with van der Waals surface area (Å²) in [4.78, 5) is 13.7. The number of anilines is 1. The van der Waals surface area contributed by atoms with Crippen molar-refractivity contribution in [3.05, 3.63) is 49.0 Å². The molecule has 0 saturated carbocycles. The van der Waals surface area contributed by atoms with Crippen LogP contribution in [0.4, 0.5) is 5.95 Å². The van der Waals surface area contributed by atoms with E-state index in [-0.39, 0.29) is 11.3 Å². The van der Waals surface area contributed by atoms with Crippen LogP contribution in [0.15, 0.2) is 53.4 Å². The molecule has 0 atom stereocenters. The second kappa shape index (κ2) is 7.88. The molecule has 4 aromatic rings. The van der Waals surface area contributed by atoms with E-state index in [9.17, 15) is 5.11 Å². The highest BCUT2D eigenvalue weighted by Gasteiger charge is 2.29. The van der Waals surface area contributed by atoms with Crippen molar-refractivity contribution >= 4 is 23.9 Å². The third-order valence-corrected chi connectivity index (χ3v) is 6.16. The number of phenols is 1. The number of fused-ring (bicyclic) bond motifs is 1. The number of oxazole rings is 1. The summed E-state index contributed by atoms with van der Waals surface area (Å²) < 4.78 is 13.0. The number of imidazole rings is 1. The third kappa shape index (κ3) is 4.09. The minimum atomic E-state index is 0.112. The summed E-state index contributed by atoms with van der Waals surface area (Å²) in [5.74, 6) is 1.19. The van der Waals surface area contributed by atoms with Crippen LogP contribution >= 0.6 is 12.1 Å². The molecule has 0 spiro atoms. The lowest BCUT2D eigenvalue weighted by Gasteiger charge is -2.16. The van der Waals surface area contributed by atoms with Gasteiger partial charge in [-0.2, -0.15) is 4.98 Å². The summed E-state index contributed by atoms with van der Waals surface area (Å²) >= 11 is 1.65. The quantitative estimate of drug-likeness (QED) is 0.391. The van der Waals surface area contributed by atoms with Crippen molar-refractivity contribution in [1.29, 1.82) is 0 Å². The van der Waals surface area contributed by atoms with Crippen LogP contribution in [-0.2, 0) is 0 Å². The monoisotopic (exact) mass is 437 g/mol. The lowest BCUT2D eigenvalue weighted by molar-refractivity contribution is 0.396. The average molecular weight is 438 g/mol. The second-order valence-corrected chi connectivity index (χ2v) is 8.95. The van der Waals surface area contributed by atoms with Gasteiger partial charge in [-0.3, -0.25) is 4.40 Å². The second-order valence-electron chi connectivity index (χ2n) is 8.05. The van der Waals surface area contributed by atoms with Gasteiger partial charge in [0.15, 0.2) is 0 Å². The zero-order valence-corrected chi connectivity index (χ0v) is 18.1. The van der Waals surface area contributed by atoms with Gasteiger partial charge in [-0.25, -0.2) is 19.0 Å². The maximum atomic E-state index is 9.92. The number of nitrogens with zero attached hydrogens (tertiary/aromatic N) is 5. The number of aromatic nitrogens is 4. The van der Waals surface area contributed by atoms with E-state index in [1.807, 2.05) is 16.5 Å². The number of hydrogen-bond acceptors (Lipinski definition) is 9. The Morgan fingerprint density at radius 2 is 2.19 bits per heavy atom. The van der Waals surface area contributed by atoms with Crippen molar-refractivity contribution in [2.24, 2.45) is 0 Å². The fourth-order valence-electron chi connectivity index (χ4n) is 3.57. The number of aromatic hydroxyl groups is 1. The standard InChI is InChI=1S/C21H23N7O2S/c1-21(2)13-27(31-26-21)9-8-23-19-22-7-6-16(24-19)18-17(14-4-3-5-15(29)12-14)25-20-28(18)10-11-30-20/h3-7,10-12,26,29H,8-9,13H2,1-2H3,(H,22,23,24). The average Bonchev–Trinajstić information content (AvgIpc) is 3.42. The molecular weight excluding hydrogens is 414 g/mol. The normalized spacial score (nSPS) is 16.2. The molecule has 3 aromatic heterocycles. The van der Waals surface area contributed by atoms with E-state index in [1.165, 1.54) is 0 Å². The molecule has 1 aliphatic rings. The van der Waals surface area contributed by atoms with E-state index < -0.39 is 0 Å². The predicted octanol–water partition coefficient (Wildman–Crippen LogP) is 3.42. The summed E-state index contributed by atoms with van der Waals surface area (Å²) in [6.07, 6.45) is 5.12. The Bertz CT molecular complexity index is 1220. The first-order valence-electron chi connectivity index (χ1n) is 10.00. The van der Waals surface area contributed by atoms with E-state index in [4.69, 9.17) is 9.40 Å². The Hall–Kier alpha value is -3.08. The summed E-state index contributed by atoms with van der Waals surface area (Å²) in [5, 5.41) is 13.2. The summed E-state index contributed by atoms with van der Waals surface area (Å²) in [5.41, 5.74) is 3.07. The van der Waals surface area contributed by atoms with Gasteiger partial charge in [-0.05, 0) is 32.0 Å². The van der Waals surface area contributed by atoms with Gasteiger partial charge in [-0.15, -0.1) is 0 Å². The Balaban J connectivity index is 1.41. The Morgan fingerprint density at radius 3 is 3.00 bits per heavy atom. The Kier molecular flexibility index (Phi) is 5.05. The van der Waals surface area contributed by atoms with Crippen LogP contribution in [0.1, 0.15) is 13.8 Å². The molecule has 3 N–H and O–H groups in total. The number of phenolic OH excluding ortho intramolecular Hbond substituents is 1. The molecule has 0 unspecified atom stereocenters. The molecule has 5 rings (SSSR count). The Labute approximate surface area is 183 Å². The minimum absolute atomic E-state index is 0.112. The smallest absolute Gasteiger partial charge is 0.306 e. The van der Waals surface area contributed by atoms with E-state index >= 15 is 0 Å². The van der Waals surface area contributed by atoms with E-state index in [1.54, 1.807) is 49.0 Å². The van der Waals surface area contributed by atoms with Crippen LogP contribution in [-0.4, -0.2) is 53.9 Å². The van der Waals surface area contributed by atoms with Gasteiger partial charge in [0.2, 0.25) is 5.95 Å². The van der Waals surface area contributed by atoms with E-state index in [2.05, 4.69) is 38.2 Å². The van der Waals surface area contributed by atoms with Crippen molar-refractivity contribution in [1.82, 2.24) is 28.4 Å². The van der Waals surface area contributed by atoms with Crippen molar-refractivity contribution < 1.29 is 9.52 Å². The molecule has 10 heteroatoms. The molecule has 9 nitrogen and oxygen atoms in total. The lowest BCUT2D eigenvalue weighted by Crippen LogP contribution is -2.34. The molecule has 1 aliphatic heterocycles.